The molecule has 1 N–H and O–H groups in total. The minimum absolute atomic E-state index is 0. The highest BCUT2D eigenvalue weighted by atomic mass is 35.5. The number of piperazine rings is 1. The van der Waals surface area contributed by atoms with Gasteiger partial charge in [-0.05, 0) is 12.5 Å². The zero-order chi connectivity index (χ0) is 13.0. The lowest BCUT2D eigenvalue weighted by molar-refractivity contribution is 0.170. The van der Waals surface area contributed by atoms with E-state index < -0.39 is 11.6 Å². The van der Waals surface area contributed by atoms with Gasteiger partial charge >= 0.3 is 0 Å². The van der Waals surface area contributed by atoms with Crippen LogP contribution in [0.5, 0.6) is 0 Å². The van der Waals surface area contributed by atoms with Crippen LogP contribution in [0.2, 0.25) is 0 Å². The van der Waals surface area contributed by atoms with Crippen LogP contribution in [0.3, 0.4) is 0 Å². The van der Waals surface area contributed by atoms with Gasteiger partial charge in [0.25, 0.3) is 0 Å². The molecule has 0 aliphatic carbocycles. The zero-order valence-electron chi connectivity index (χ0n) is 10.7. The first kappa shape index (κ1) is 16.1. The molecule has 2 nitrogen and oxygen atoms in total. The van der Waals surface area contributed by atoms with Crippen LogP contribution >= 0.6 is 12.4 Å². The van der Waals surface area contributed by atoms with Crippen molar-refractivity contribution in [2.24, 2.45) is 0 Å². The number of nitrogens with one attached hydrogen (secondary N) is 1. The van der Waals surface area contributed by atoms with E-state index >= 15 is 0 Å². The molecule has 1 atom stereocenters. The number of rotatable bonds is 4. The van der Waals surface area contributed by atoms with Crippen molar-refractivity contribution in [3.8, 4) is 0 Å². The van der Waals surface area contributed by atoms with Gasteiger partial charge in [0.2, 0.25) is 0 Å². The lowest BCUT2D eigenvalue weighted by atomic mass is 10.0. The van der Waals surface area contributed by atoms with Crippen molar-refractivity contribution in [2.45, 2.75) is 12.5 Å². The molecule has 1 aliphatic rings. The molecule has 1 heterocycles. The van der Waals surface area contributed by atoms with Crippen LogP contribution in [-0.2, 0) is 0 Å². The molecule has 1 aliphatic heterocycles. The molecular weight excluding hydrogens is 270 g/mol. The van der Waals surface area contributed by atoms with E-state index in [9.17, 15) is 8.78 Å². The van der Waals surface area contributed by atoms with Gasteiger partial charge in [-0.3, -0.25) is 4.90 Å². The molecule has 1 fully saturated rings. The fourth-order valence-corrected chi connectivity index (χ4v) is 2.40. The van der Waals surface area contributed by atoms with Gasteiger partial charge in [-0.15, -0.1) is 19.0 Å². The van der Waals surface area contributed by atoms with Gasteiger partial charge in [0.1, 0.15) is 0 Å². The van der Waals surface area contributed by atoms with Crippen molar-refractivity contribution >= 4 is 12.4 Å². The van der Waals surface area contributed by atoms with E-state index in [1.807, 2.05) is 0 Å². The maximum Gasteiger partial charge on any atom is 0.163 e. The van der Waals surface area contributed by atoms with Crippen molar-refractivity contribution < 1.29 is 8.78 Å². The van der Waals surface area contributed by atoms with Crippen LogP contribution in [0.4, 0.5) is 8.78 Å². The maximum absolute atomic E-state index is 13.9. The first-order chi connectivity index (χ1) is 8.74. The topological polar surface area (TPSA) is 15.3 Å². The third-order valence-corrected chi connectivity index (χ3v) is 3.32. The molecule has 5 heteroatoms. The number of halogens is 3. The quantitative estimate of drug-likeness (QED) is 0.857. The summed E-state index contributed by atoms with van der Waals surface area (Å²) in [6.07, 6.45) is 2.39. The predicted molar refractivity (Wildman–Crippen MR) is 75.6 cm³/mol. The summed E-state index contributed by atoms with van der Waals surface area (Å²) in [6.45, 7) is 7.16. The lowest BCUT2D eigenvalue weighted by Gasteiger charge is -2.34. The lowest BCUT2D eigenvalue weighted by Crippen LogP contribution is -2.45. The summed E-state index contributed by atoms with van der Waals surface area (Å²) in [7, 11) is 0. The largest absolute Gasteiger partial charge is 0.314 e. The van der Waals surface area contributed by atoms with Crippen LogP contribution < -0.4 is 5.32 Å². The standard InChI is InChI=1S/C14H18F2N2.ClH/c1-2-4-13(18-9-7-17-8-10-18)11-5-3-6-12(15)14(11)16;/h2-3,5-6,13,17H,1,4,7-10H2;1H/t13-;/m0./s1. The summed E-state index contributed by atoms with van der Waals surface area (Å²) in [6, 6.07) is 4.25. The van der Waals surface area contributed by atoms with E-state index in [0.717, 1.165) is 32.2 Å². The summed E-state index contributed by atoms with van der Waals surface area (Å²) in [5.41, 5.74) is 0.428. The summed E-state index contributed by atoms with van der Waals surface area (Å²) in [5, 5.41) is 3.25. The van der Waals surface area contributed by atoms with Gasteiger partial charge in [0.15, 0.2) is 11.6 Å². The van der Waals surface area contributed by atoms with Crippen LogP contribution in [0.15, 0.2) is 30.9 Å². The molecule has 0 spiro atoms. The molecule has 0 bridgehead atoms. The Balaban J connectivity index is 0.00000180. The van der Waals surface area contributed by atoms with Crippen LogP contribution in [0, 0.1) is 11.6 Å². The SMILES string of the molecule is C=CC[C@@H](c1cccc(F)c1F)N1CCNCC1.Cl. The average Bonchev–Trinajstić information content (AvgIpc) is 2.41. The smallest absolute Gasteiger partial charge is 0.163 e. The van der Waals surface area contributed by atoms with E-state index in [1.165, 1.54) is 0 Å². The van der Waals surface area contributed by atoms with Gasteiger partial charge < -0.3 is 5.32 Å². The molecule has 0 unspecified atom stereocenters. The molecule has 1 aromatic carbocycles. The Morgan fingerprint density at radius 1 is 1.32 bits per heavy atom. The van der Waals surface area contributed by atoms with Crippen LogP contribution in [-0.4, -0.2) is 31.1 Å². The van der Waals surface area contributed by atoms with Gasteiger partial charge in [0, 0.05) is 37.8 Å². The molecule has 1 saturated heterocycles. The molecular formula is C14H19ClF2N2. The summed E-state index contributed by atoms with van der Waals surface area (Å²) in [4.78, 5) is 2.18. The molecule has 2 rings (SSSR count). The Kier molecular flexibility index (Phi) is 6.42. The predicted octanol–water partition coefficient (Wildman–Crippen LogP) is 2.91. The Morgan fingerprint density at radius 2 is 2.00 bits per heavy atom. The highest BCUT2D eigenvalue weighted by Gasteiger charge is 2.24. The molecule has 0 aromatic heterocycles. The van der Waals surface area contributed by atoms with Crippen LogP contribution in [0.1, 0.15) is 18.0 Å². The van der Waals surface area contributed by atoms with E-state index in [-0.39, 0.29) is 18.4 Å². The second-order valence-electron chi connectivity index (χ2n) is 4.47. The van der Waals surface area contributed by atoms with E-state index in [2.05, 4.69) is 16.8 Å². The summed E-state index contributed by atoms with van der Waals surface area (Å²) < 4.78 is 27.2. The molecule has 19 heavy (non-hydrogen) atoms. The number of hydrogen-bond acceptors (Lipinski definition) is 2. The average molecular weight is 289 g/mol. The van der Waals surface area contributed by atoms with E-state index in [0.29, 0.717) is 12.0 Å². The van der Waals surface area contributed by atoms with Crippen LogP contribution in [0.25, 0.3) is 0 Å². The summed E-state index contributed by atoms with van der Waals surface area (Å²) in [5.74, 6) is -1.51. The van der Waals surface area contributed by atoms with Crippen molar-refractivity contribution in [3.05, 3.63) is 48.1 Å². The van der Waals surface area contributed by atoms with Crippen molar-refractivity contribution in [1.29, 1.82) is 0 Å². The van der Waals surface area contributed by atoms with Crippen molar-refractivity contribution in [2.75, 3.05) is 26.2 Å². The molecule has 0 saturated carbocycles. The minimum atomic E-state index is -0.781. The van der Waals surface area contributed by atoms with E-state index in [4.69, 9.17) is 0 Å². The molecule has 0 amide bonds. The summed E-state index contributed by atoms with van der Waals surface area (Å²) >= 11 is 0. The maximum atomic E-state index is 13.9. The van der Waals surface area contributed by atoms with Gasteiger partial charge in [-0.1, -0.05) is 18.2 Å². The Hall–Kier alpha value is -0.970. The third-order valence-electron chi connectivity index (χ3n) is 3.32. The van der Waals surface area contributed by atoms with Gasteiger partial charge in [-0.25, -0.2) is 8.78 Å². The van der Waals surface area contributed by atoms with Crippen molar-refractivity contribution in [1.82, 2.24) is 10.2 Å². The molecule has 0 radical (unpaired) electrons. The highest BCUT2D eigenvalue weighted by molar-refractivity contribution is 5.85. The number of benzene rings is 1. The number of hydrogen-bond donors (Lipinski definition) is 1. The third kappa shape index (κ3) is 3.75. The molecule has 1 aromatic rings. The fraction of sp³-hybridized carbons (Fsp3) is 0.429. The van der Waals surface area contributed by atoms with Gasteiger partial charge in [-0.2, -0.15) is 0 Å². The Bertz CT molecular complexity index is 420. The first-order valence-corrected chi connectivity index (χ1v) is 6.23. The second-order valence-corrected chi connectivity index (χ2v) is 4.47. The fourth-order valence-electron chi connectivity index (χ4n) is 2.40. The first-order valence-electron chi connectivity index (χ1n) is 6.23. The molecule has 106 valence electrons. The Morgan fingerprint density at radius 3 is 2.63 bits per heavy atom. The van der Waals surface area contributed by atoms with Crippen molar-refractivity contribution in [3.63, 3.8) is 0 Å². The number of nitrogens with zero attached hydrogens (tertiary/aromatic N) is 1. The van der Waals surface area contributed by atoms with Gasteiger partial charge in [0.05, 0.1) is 0 Å². The van der Waals surface area contributed by atoms with E-state index in [1.54, 1.807) is 18.2 Å². The highest BCUT2D eigenvalue weighted by Crippen LogP contribution is 2.28. The normalized spacial score (nSPS) is 17.6. The zero-order valence-corrected chi connectivity index (χ0v) is 11.6. The monoisotopic (exact) mass is 288 g/mol. The minimum Gasteiger partial charge on any atom is -0.314 e. The second kappa shape index (κ2) is 7.58. The Labute approximate surface area is 118 Å².